The summed E-state index contributed by atoms with van der Waals surface area (Å²) < 4.78 is 25.5. The molecule has 0 saturated carbocycles. The van der Waals surface area contributed by atoms with Gasteiger partial charge in [-0.3, -0.25) is 4.98 Å². The third kappa shape index (κ3) is 4.66. The summed E-state index contributed by atoms with van der Waals surface area (Å²) in [7, 11) is 1.59. The van der Waals surface area contributed by atoms with Crippen molar-refractivity contribution in [2.45, 2.75) is 26.4 Å². The van der Waals surface area contributed by atoms with Gasteiger partial charge in [-0.15, -0.1) is 0 Å². The van der Waals surface area contributed by atoms with Gasteiger partial charge < -0.3 is 9.47 Å². The van der Waals surface area contributed by atoms with Crippen molar-refractivity contribution in [2.24, 2.45) is 0 Å². The van der Waals surface area contributed by atoms with E-state index in [1.54, 1.807) is 37.7 Å². The highest BCUT2D eigenvalue weighted by Crippen LogP contribution is 2.45. The monoisotopic (exact) mass is 402 g/mol. The predicted octanol–water partition coefficient (Wildman–Crippen LogP) is 6.14. The number of hydrogen-bond donors (Lipinski definition) is 0. The van der Waals surface area contributed by atoms with E-state index in [4.69, 9.17) is 14.7 Å². The molecule has 0 aliphatic heterocycles. The average molecular weight is 402 g/mol. The van der Waals surface area contributed by atoms with E-state index in [9.17, 15) is 4.39 Å². The van der Waals surface area contributed by atoms with E-state index >= 15 is 0 Å². The molecule has 0 atom stereocenters. The van der Waals surface area contributed by atoms with Crippen LogP contribution in [0.1, 0.15) is 36.5 Å². The van der Waals surface area contributed by atoms with Crippen LogP contribution in [-0.2, 0) is 6.61 Å². The Morgan fingerprint density at radius 2 is 1.97 bits per heavy atom. The molecule has 0 spiro atoms. The van der Waals surface area contributed by atoms with Crippen LogP contribution in [-0.4, -0.2) is 12.1 Å². The minimum atomic E-state index is -0.322. The maximum Gasteiger partial charge on any atom is 0.170 e. The summed E-state index contributed by atoms with van der Waals surface area (Å²) in [5, 5.41) is 9.13. The SMILES string of the molecule is COc1cc(C(C)C)c(/C=C/C#N)c(-c2ccc(F)cc2)c1OCc1cccnc1. The van der Waals surface area contributed by atoms with E-state index in [0.29, 0.717) is 18.1 Å². The molecule has 3 rings (SSSR count). The van der Waals surface area contributed by atoms with Crippen molar-refractivity contribution in [1.82, 2.24) is 4.98 Å². The van der Waals surface area contributed by atoms with Crippen LogP contribution in [0, 0.1) is 17.1 Å². The summed E-state index contributed by atoms with van der Waals surface area (Å²) in [5.41, 5.74) is 4.29. The Morgan fingerprint density at radius 3 is 2.57 bits per heavy atom. The van der Waals surface area contributed by atoms with E-state index < -0.39 is 0 Å². The van der Waals surface area contributed by atoms with Gasteiger partial charge in [0.05, 0.1) is 13.2 Å². The molecule has 0 aliphatic rings. The van der Waals surface area contributed by atoms with Crippen molar-refractivity contribution in [3.05, 3.63) is 83.4 Å². The van der Waals surface area contributed by atoms with Crippen LogP contribution in [0.4, 0.5) is 4.39 Å². The maximum atomic E-state index is 13.6. The first-order valence-electron chi connectivity index (χ1n) is 9.63. The highest BCUT2D eigenvalue weighted by Gasteiger charge is 2.22. The van der Waals surface area contributed by atoms with Gasteiger partial charge in [0.2, 0.25) is 0 Å². The Bertz CT molecular complexity index is 1070. The molecular weight excluding hydrogens is 379 g/mol. The number of methoxy groups -OCH3 is 1. The van der Waals surface area contributed by atoms with E-state index in [-0.39, 0.29) is 11.7 Å². The summed E-state index contributed by atoms with van der Waals surface area (Å²) in [6, 6.07) is 14.0. The van der Waals surface area contributed by atoms with Gasteiger partial charge in [-0.25, -0.2) is 4.39 Å². The molecule has 0 aliphatic carbocycles. The maximum absolute atomic E-state index is 13.6. The minimum absolute atomic E-state index is 0.170. The van der Waals surface area contributed by atoms with Gasteiger partial charge in [0.1, 0.15) is 12.4 Å². The Hall–Kier alpha value is -3.65. The predicted molar refractivity (Wildman–Crippen MR) is 116 cm³/mol. The average Bonchev–Trinajstić information content (AvgIpc) is 2.76. The number of benzene rings is 2. The molecule has 0 fully saturated rings. The van der Waals surface area contributed by atoms with Gasteiger partial charge in [-0.05, 0) is 52.9 Å². The fraction of sp³-hybridized carbons (Fsp3) is 0.200. The molecule has 5 heteroatoms. The van der Waals surface area contributed by atoms with Crippen LogP contribution in [0.3, 0.4) is 0 Å². The van der Waals surface area contributed by atoms with E-state index in [1.165, 1.54) is 18.2 Å². The molecule has 0 bridgehead atoms. The molecule has 0 saturated heterocycles. The molecule has 0 amide bonds. The number of hydrogen-bond acceptors (Lipinski definition) is 4. The molecule has 0 unspecified atom stereocenters. The number of aromatic nitrogens is 1. The lowest BCUT2D eigenvalue weighted by atomic mass is 9.88. The normalized spacial score (nSPS) is 10.9. The number of allylic oxidation sites excluding steroid dienone is 1. The zero-order chi connectivity index (χ0) is 21.5. The zero-order valence-corrected chi connectivity index (χ0v) is 17.2. The second-order valence-corrected chi connectivity index (χ2v) is 7.06. The molecule has 1 aromatic heterocycles. The van der Waals surface area contributed by atoms with Gasteiger partial charge in [0.25, 0.3) is 0 Å². The lowest BCUT2D eigenvalue weighted by molar-refractivity contribution is 0.285. The van der Waals surface area contributed by atoms with Crippen molar-refractivity contribution in [3.63, 3.8) is 0 Å². The molecule has 2 aromatic carbocycles. The minimum Gasteiger partial charge on any atom is -0.493 e. The fourth-order valence-electron chi connectivity index (χ4n) is 3.29. The van der Waals surface area contributed by atoms with Gasteiger partial charge in [-0.2, -0.15) is 5.26 Å². The molecule has 0 N–H and O–H groups in total. The van der Waals surface area contributed by atoms with Crippen molar-refractivity contribution in [1.29, 1.82) is 5.26 Å². The van der Waals surface area contributed by atoms with Crippen LogP contribution >= 0.6 is 0 Å². The highest BCUT2D eigenvalue weighted by molar-refractivity contribution is 5.85. The summed E-state index contributed by atoms with van der Waals surface area (Å²) >= 11 is 0. The largest absolute Gasteiger partial charge is 0.493 e. The zero-order valence-electron chi connectivity index (χ0n) is 17.2. The lowest BCUT2D eigenvalue weighted by Crippen LogP contribution is -2.04. The van der Waals surface area contributed by atoms with Gasteiger partial charge in [0, 0.05) is 29.6 Å². The van der Waals surface area contributed by atoms with Crippen molar-refractivity contribution < 1.29 is 13.9 Å². The molecule has 4 nitrogen and oxygen atoms in total. The number of halogens is 1. The van der Waals surface area contributed by atoms with Crippen molar-refractivity contribution in [3.8, 4) is 28.7 Å². The van der Waals surface area contributed by atoms with Crippen LogP contribution < -0.4 is 9.47 Å². The summed E-state index contributed by atoms with van der Waals surface area (Å²) in [6.07, 6.45) is 6.65. The molecule has 30 heavy (non-hydrogen) atoms. The molecule has 0 radical (unpaired) electrons. The summed E-state index contributed by atoms with van der Waals surface area (Å²) in [6.45, 7) is 4.44. The summed E-state index contributed by atoms with van der Waals surface area (Å²) in [4.78, 5) is 4.13. The number of nitrogens with zero attached hydrogens (tertiary/aromatic N) is 2. The number of ether oxygens (including phenoxy) is 2. The quantitative estimate of drug-likeness (QED) is 0.446. The first-order chi connectivity index (χ1) is 14.5. The highest BCUT2D eigenvalue weighted by atomic mass is 19.1. The second kappa shape index (κ2) is 9.71. The third-order valence-electron chi connectivity index (χ3n) is 4.72. The van der Waals surface area contributed by atoms with E-state index in [2.05, 4.69) is 24.9 Å². The molecule has 152 valence electrons. The first kappa shape index (κ1) is 21.1. The Morgan fingerprint density at radius 1 is 1.20 bits per heavy atom. The number of rotatable bonds is 7. The van der Waals surface area contributed by atoms with Crippen LogP contribution in [0.15, 0.2) is 60.9 Å². The van der Waals surface area contributed by atoms with E-state index in [0.717, 1.165) is 27.8 Å². The van der Waals surface area contributed by atoms with Crippen molar-refractivity contribution >= 4 is 6.08 Å². The van der Waals surface area contributed by atoms with Gasteiger partial charge >= 0.3 is 0 Å². The Labute approximate surface area is 176 Å². The van der Waals surface area contributed by atoms with Crippen LogP contribution in [0.25, 0.3) is 17.2 Å². The van der Waals surface area contributed by atoms with Crippen molar-refractivity contribution in [2.75, 3.05) is 7.11 Å². The second-order valence-electron chi connectivity index (χ2n) is 7.06. The summed E-state index contributed by atoms with van der Waals surface area (Å²) in [5.74, 6) is 0.965. The fourth-order valence-corrected chi connectivity index (χ4v) is 3.29. The van der Waals surface area contributed by atoms with Gasteiger partial charge in [0.15, 0.2) is 11.5 Å². The third-order valence-corrected chi connectivity index (χ3v) is 4.72. The lowest BCUT2D eigenvalue weighted by Gasteiger charge is -2.22. The standard InChI is InChI=1S/C25H23FN2O2/c1-17(2)22-14-23(29-3)25(30-16-18-6-5-13-28-15-18)24(21(22)7-4-12-27)19-8-10-20(26)11-9-19/h4-11,13-15,17H,16H2,1-3H3/b7-4+. The molecule has 3 aromatic rings. The number of pyridine rings is 1. The van der Waals surface area contributed by atoms with Crippen LogP contribution in [0.2, 0.25) is 0 Å². The van der Waals surface area contributed by atoms with E-state index in [1.807, 2.05) is 18.2 Å². The Balaban J connectivity index is 2.25. The Kier molecular flexibility index (Phi) is 6.82. The topological polar surface area (TPSA) is 55.1 Å². The first-order valence-corrected chi connectivity index (χ1v) is 9.63. The van der Waals surface area contributed by atoms with Gasteiger partial charge in [-0.1, -0.05) is 32.0 Å². The molecular formula is C25H23FN2O2. The smallest absolute Gasteiger partial charge is 0.170 e. The number of nitriles is 1. The molecule has 1 heterocycles. The van der Waals surface area contributed by atoms with Crippen LogP contribution in [0.5, 0.6) is 11.5 Å².